The molecule has 0 aliphatic rings. The maximum Gasteiger partial charge on any atom is 0.295 e. The third-order valence-corrected chi connectivity index (χ3v) is 1.98. The second-order valence-electron chi connectivity index (χ2n) is 3.12. The van der Waals surface area contributed by atoms with Gasteiger partial charge in [0, 0.05) is 10.7 Å². The van der Waals surface area contributed by atoms with Crippen molar-refractivity contribution in [3.63, 3.8) is 0 Å². The predicted molar refractivity (Wildman–Crippen MR) is 61.9 cm³/mol. The standard InChI is InChI=1S/C10H10ClN3O/c1-6(11)5-13-10-14-8-4-7(12)2-3-9(8)15-10/h2-4H,1,5,12H2,(H,13,14). The van der Waals surface area contributed by atoms with Crippen LogP contribution >= 0.6 is 11.6 Å². The van der Waals surface area contributed by atoms with Gasteiger partial charge in [-0.3, -0.25) is 0 Å². The van der Waals surface area contributed by atoms with E-state index in [0.29, 0.717) is 28.9 Å². The van der Waals surface area contributed by atoms with E-state index in [4.69, 9.17) is 21.8 Å². The summed E-state index contributed by atoms with van der Waals surface area (Å²) in [6.07, 6.45) is 0. The topological polar surface area (TPSA) is 64.1 Å². The number of hydrogen-bond donors (Lipinski definition) is 2. The number of aromatic nitrogens is 1. The predicted octanol–water partition coefficient (Wildman–Crippen LogP) is 2.57. The molecule has 0 unspecified atom stereocenters. The van der Waals surface area contributed by atoms with E-state index in [2.05, 4.69) is 16.9 Å². The van der Waals surface area contributed by atoms with Gasteiger partial charge in [0.05, 0.1) is 6.54 Å². The lowest BCUT2D eigenvalue weighted by atomic mass is 10.3. The Kier molecular flexibility index (Phi) is 2.51. The molecule has 5 heteroatoms. The number of nitrogens with zero attached hydrogens (tertiary/aromatic N) is 1. The van der Waals surface area contributed by atoms with Crippen LogP contribution in [0.3, 0.4) is 0 Å². The summed E-state index contributed by atoms with van der Waals surface area (Å²) in [4.78, 5) is 4.19. The van der Waals surface area contributed by atoms with Crippen molar-refractivity contribution in [3.8, 4) is 0 Å². The van der Waals surface area contributed by atoms with Crippen molar-refractivity contribution >= 4 is 34.4 Å². The first-order valence-corrected chi connectivity index (χ1v) is 4.76. The van der Waals surface area contributed by atoms with Crippen LogP contribution in [0.1, 0.15) is 0 Å². The highest BCUT2D eigenvalue weighted by molar-refractivity contribution is 6.29. The van der Waals surface area contributed by atoms with Crippen molar-refractivity contribution in [2.45, 2.75) is 0 Å². The van der Waals surface area contributed by atoms with Gasteiger partial charge in [0.15, 0.2) is 5.58 Å². The molecule has 0 aliphatic carbocycles. The Balaban J connectivity index is 2.27. The molecule has 0 aliphatic heterocycles. The number of nitrogen functional groups attached to an aromatic ring is 1. The second kappa shape index (κ2) is 3.82. The van der Waals surface area contributed by atoms with Gasteiger partial charge in [-0.2, -0.15) is 4.98 Å². The molecule has 3 N–H and O–H groups in total. The van der Waals surface area contributed by atoms with Crippen LogP contribution in [0, 0.1) is 0 Å². The van der Waals surface area contributed by atoms with Gasteiger partial charge in [0.1, 0.15) is 5.52 Å². The number of anilines is 2. The summed E-state index contributed by atoms with van der Waals surface area (Å²) in [6, 6.07) is 5.70. The van der Waals surface area contributed by atoms with E-state index in [0.717, 1.165) is 5.52 Å². The Bertz CT molecular complexity index is 506. The molecule has 0 atom stereocenters. The highest BCUT2D eigenvalue weighted by Gasteiger charge is 2.04. The minimum atomic E-state index is 0.414. The summed E-state index contributed by atoms with van der Waals surface area (Å²) in [6.45, 7) is 3.97. The molecule has 15 heavy (non-hydrogen) atoms. The van der Waals surface area contributed by atoms with Gasteiger partial charge in [-0.1, -0.05) is 18.2 Å². The number of rotatable bonds is 3. The molecule has 1 heterocycles. The maximum atomic E-state index is 5.62. The van der Waals surface area contributed by atoms with Crippen molar-refractivity contribution < 1.29 is 4.42 Å². The summed E-state index contributed by atoms with van der Waals surface area (Å²) in [7, 11) is 0. The molecule has 0 saturated carbocycles. The molecular weight excluding hydrogens is 214 g/mol. The van der Waals surface area contributed by atoms with Crippen LogP contribution in [0.2, 0.25) is 0 Å². The van der Waals surface area contributed by atoms with Gasteiger partial charge in [-0.15, -0.1) is 0 Å². The Labute approximate surface area is 91.7 Å². The van der Waals surface area contributed by atoms with Crippen LogP contribution in [-0.4, -0.2) is 11.5 Å². The molecule has 4 nitrogen and oxygen atoms in total. The smallest absolute Gasteiger partial charge is 0.295 e. The second-order valence-corrected chi connectivity index (χ2v) is 3.65. The van der Waals surface area contributed by atoms with E-state index < -0.39 is 0 Å². The normalized spacial score (nSPS) is 10.5. The Morgan fingerprint density at radius 1 is 1.60 bits per heavy atom. The molecule has 0 radical (unpaired) electrons. The number of halogens is 1. The quantitative estimate of drug-likeness (QED) is 0.785. The van der Waals surface area contributed by atoms with Crippen molar-refractivity contribution in [2.24, 2.45) is 0 Å². The molecule has 1 aromatic heterocycles. The van der Waals surface area contributed by atoms with Gasteiger partial charge in [-0.05, 0) is 18.2 Å². The van der Waals surface area contributed by atoms with Gasteiger partial charge in [0.2, 0.25) is 0 Å². The van der Waals surface area contributed by atoms with E-state index in [1.807, 2.05) is 0 Å². The van der Waals surface area contributed by atoms with Crippen molar-refractivity contribution in [2.75, 3.05) is 17.6 Å². The third-order valence-electron chi connectivity index (χ3n) is 1.84. The fourth-order valence-corrected chi connectivity index (χ4v) is 1.26. The molecule has 0 spiro atoms. The minimum Gasteiger partial charge on any atom is -0.424 e. The van der Waals surface area contributed by atoms with E-state index in [9.17, 15) is 0 Å². The van der Waals surface area contributed by atoms with Crippen molar-refractivity contribution in [1.82, 2.24) is 4.98 Å². The van der Waals surface area contributed by atoms with Gasteiger partial charge < -0.3 is 15.5 Å². The zero-order chi connectivity index (χ0) is 10.8. The molecule has 2 aromatic rings. The van der Waals surface area contributed by atoms with E-state index >= 15 is 0 Å². The minimum absolute atomic E-state index is 0.414. The first-order valence-electron chi connectivity index (χ1n) is 4.38. The SMILES string of the molecule is C=C(Cl)CNc1nc2cc(N)ccc2o1. The summed E-state index contributed by atoms with van der Waals surface area (Å²) in [5.41, 5.74) is 7.68. The number of nitrogens with one attached hydrogen (secondary N) is 1. The van der Waals surface area contributed by atoms with E-state index in [1.54, 1.807) is 18.2 Å². The van der Waals surface area contributed by atoms with Crippen LogP contribution in [0.5, 0.6) is 0 Å². The average molecular weight is 224 g/mol. The Morgan fingerprint density at radius 2 is 2.40 bits per heavy atom. The highest BCUT2D eigenvalue weighted by Crippen LogP contribution is 2.21. The molecule has 0 amide bonds. The lowest BCUT2D eigenvalue weighted by Crippen LogP contribution is -2.00. The largest absolute Gasteiger partial charge is 0.424 e. The van der Waals surface area contributed by atoms with Crippen LogP contribution in [0.15, 0.2) is 34.2 Å². The van der Waals surface area contributed by atoms with Crippen molar-refractivity contribution in [3.05, 3.63) is 29.8 Å². The summed E-state index contributed by atoms with van der Waals surface area (Å²) in [5.74, 6) is 0. The molecule has 0 bridgehead atoms. The van der Waals surface area contributed by atoms with Crippen LogP contribution in [-0.2, 0) is 0 Å². The number of fused-ring (bicyclic) bond motifs is 1. The number of oxazole rings is 1. The molecule has 0 saturated heterocycles. The Hall–Kier alpha value is -1.68. The zero-order valence-electron chi connectivity index (χ0n) is 7.96. The lowest BCUT2D eigenvalue weighted by molar-refractivity contribution is 0.618. The maximum absolute atomic E-state index is 5.62. The van der Waals surface area contributed by atoms with E-state index in [1.165, 1.54) is 0 Å². The molecular formula is C10H10ClN3O. The van der Waals surface area contributed by atoms with Gasteiger partial charge in [-0.25, -0.2) is 0 Å². The molecule has 1 aromatic carbocycles. The molecule has 78 valence electrons. The number of hydrogen-bond acceptors (Lipinski definition) is 4. The zero-order valence-corrected chi connectivity index (χ0v) is 8.71. The van der Waals surface area contributed by atoms with Crippen LogP contribution < -0.4 is 11.1 Å². The summed E-state index contributed by atoms with van der Waals surface area (Å²) in [5, 5.41) is 3.40. The first-order chi connectivity index (χ1) is 7.15. The monoisotopic (exact) mass is 223 g/mol. The average Bonchev–Trinajstić information content (AvgIpc) is 2.56. The first kappa shape index (κ1) is 9.86. The van der Waals surface area contributed by atoms with Gasteiger partial charge >= 0.3 is 0 Å². The molecule has 0 fully saturated rings. The highest BCUT2D eigenvalue weighted by atomic mass is 35.5. The van der Waals surface area contributed by atoms with Gasteiger partial charge in [0.25, 0.3) is 6.01 Å². The lowest BCUT2D eigenvalue weighted by Gasteiger charge is -1.96. The Morgan fingerprint density at radius 3 is 3.13 bits per heavy atom. The number of benzene rings is 1. The van der Waals surface area contributed by atoms with E-state index in [-0.39, 0.29) is 0 Å². The third kappa shape index (κ3) is 2.22. The fraction of sp³-hybridized carbons (Fsp3) is 0.100. The fourth-order valence-electron chi connectivity index (χ4n) is 1.19. The van der Waals surface area contributed by atoms with Crippen LogP contribution in [0.25, 0.3) is 11.1 Å². The van der Waals surface area contributed by atoms with Crippen LogP contribution in [0.4, 0.5) is 11.7 Å². The molecule has 2 rings (SSSR count). The van der Waals surface area contributed by atoms with Crippen molar-refractivity contribution in [1.29, 1.82) is 0 Å². The summed E-state index contributed by atoms with van der Waals surface area (Å²) >= 11 is 5.61. The summed E-state index contributed by atoms with van der Waals surface area (Å²) < 4.78 is 5.40. The number of nitrogens with two attached hydrogens (primary N) is 1.